The quantitative estimate of drug-likeness (QED) is 0.555. The minimum absolute atomic E-state index is 0. The minimum Gasteiger partial charge on any atom is -1.00 e. The van der Waals surface area contributed by atoms with E-state index in [1.165, 1.54) is 32.1 Å². The Bertz CT molecular complexity index is 915. The number of quaternary nitrogens is 1. The molecule has 1 aromatic heterocycles. The van der Waals surface area contributed by atoms with Gasteiger partial charge in [0.15, 0.2) is 0 Å². The van der Waals surface area contributed by atoms with Crippen LogP contribution in [-0.2, 0) is 0 Å². The van der Waals surface area contributed by atoms with Crippen LogP contribution in [0.25, 0.3) is 21.9 Å². The molecule has 1 aliphatic rings. The second-order valence-corrected chi connectivity index (χ2v) is 8.48. The molecule has 0 aliphatic heterocycles. The van der Waals surface area contributed by atoms with E-state index in [-0.39, 0.29) is 17.0 Å². The Kier molecular flexibility index (Phi) is 6.39. The molecule has 0 unspecified atom stereocenters. The summed E-state index contributed by atoms with van der Waals surface area (Å²) in [5, 5.41) is 2.88. The van der Waals surface area contributed by atoms with Crippen LogP contribution in [0.15, 0.2) is 40.8 Å². The van der Waals surface area contributed by atoms with E-state index in [0.717, 1.165) is 51.4 Å². The molecule has 2 aromatic carbocycles. The van der Waals surface area contributed by atoms with Crippen molar-refractivity contribution in [1.82, 2.24) is 0 Å². The van der Waals surface area contributed by atoms with E-state index in [2.05, 4.69) is 20.2 Å². The monoisotopic (exact) mass is 451 g/mol. The van der Waals surface area contributed by atoms with E-state index >= 15 is 0 Å². The Balaban J connectivity index is 0.00000210. The van der Waals surface area contributed by atoms with Crippen LogP contribution in [0, 0.1) is 0 Å². The molecule has 146 valence electrons. The SMILES string of the molecule is C[N+](C)(CCOc1ccc2c(c1)oc1cc(Cl)ccc12)C1CCCCC1.[Br-]. The molecule has 4 rings (SSSR count). The van der Waals surface area contributed by atoms with Crippen LogP contribution in [0.2, 0.25) is 5.02 Å². The van der Waals surface area contributed by atoms with Crippen LogP contribution >= 0.6 is 11.6 Å². The predicted molar refractivity (Wildman–Crippen MR) is 108 cm³/mol. The largest absolute Gasteiger partial charge is 1.00 e. The summed E-state index contributed by atoms with van der Waals surface area (Å²) in [5.74, 6) is 0.867. The van der Waals surface area contributed by atoms with Crippen LogP contribution in [0.5, 0.6) is 5.75 Å². The predicted octanol–water partition coefficient (Wildman–Crippen LogP) is 3.03. The van der Waals surface area contributed by atoms with Gasteiger partial charge in [-0.2, -0.15) is 0 Å². The molecule has 1 saturated carbocycles. The van der Waals surface area contributed by atoms with Crippen LogP contribution in [0.4, 0.5) is 0 Å². The van der Waals surface area contributed by atoms with Gasteiger partial charge in [-0.25, -0.2) is 0 Å². The summed E-state index contributed by atoms with van der Waals surface area (Å²) in [5.41, 5.74) is 1.67. The summed E-state index contributed by atoms with van der Waals surface area (Å²) in [7, 11) is 4.68. The number of rotatable bonds is 5. The highest BCUT2D eigenvalue weighted by Gasteiger charge is 2.29. The molecular formula is C22H27BrClNO2. The number of nitrogens with zero attached hydrogens (tertiary/aromatic N) is 1. The van der Waals surface area contributed by atoms with Crippen molar-refractivity contribution < 1.29 is 30.6 Å². The summed E-state index contributed by atoms with van der Waals surface area (Å²) in [6.45, 7) is 1.75. The molecule has 3 aromatic rings. The van der Waals surface area contributed by atoms with E-state index in [1.807, 2.05) is 30.3 Å². The summed E-state index contributed by atoms with van der Waals surface area (Å²) in [6.07, 6.45) is 6.84. The van der Waals surface area contributed by atoms with E-state index in [1.54, 1.807) is 0 Å². The maximum atomic E-state index is 6.07. The normalized spacial score (nSPS) is 15.8. The fourth-order valence-corrected chi connectivity index (χ4v) is 4.34. The Hall–Kier alpha value is -1.23. The zero-order chi connectivity index (χ0) is 18.1. The molecule has 1 heterocycles. The van der Waals surface area contributed by atoms with Gasteiger partial charge in [0.25, 0.3) is 0 Å². The first-order valence-electron chi connectivity index (χ1n) is 9.60. The number of hydrogen-bond donors (Lipinski definition) is 0. The Morgan fingerprint density at radius 1 is 1.00 bits per heavy atom. The van der Waals surface area contributed by atoms with E-state index in [0.29, 0.717) is 5.02 Å². The van der Waals surface area contributed by atoms with Crippen molar-refractivity contribution in [1.29, 1.82) is 0 Å². The van der Waals surface area contributed by atoms with Gasteiger partial charge in [-0.1, -0.05) is 18.0 Å². The lowest BCUT2D eigenvalue weighted by Crippen LogP contribution is -3.00. The highest BCUT2D eigenvalue weighted by Crippen LogP contribution is 2.33. The first kappa shape index (κ1) is 20.5. The van der Waals surface area contributed by atoms with E-state index < -0.39 is 0 Å². The summed E-state index contributed by atoms with van der Waals surface area (Å²) < 4.78 is 13.1. The first-order chi connectivity index (χ1) is 12.5. The smallest absolute Gasteiger partial charge is 0.139 e. The Morgan fingerprint density at radius 2 is 1.67 bits per heavy atom. The van der Waals surface area contributed by atoms with Crippen molar-refractivity contribution in [3.8, 4) is 5.75 Å². The average Bonchev–Trinajstić information content (AvgIpc) is 2.99. The van der Waals surface area contributed by atoms with Crippen molar-refractivity contribution in [2.24, 2.45) is 0 Å². The number of ether oxygens (including phenoxy) is 1. The van der Waals surface area contributed by atoms with E-state index in [9.17, 15) is 0 Å². The molecule has 0 amide bonds. The fourth-order valence-electron chi connectivity index (χ4n) is 4.18. The molecular weight excluding hydrogens is 426 g/mol. The second-order valence-electron chi connectivity index (χ2n) is 8.04. The molecule has 1 fully saturated rings. The van der Waals surface area contributed by atoms with Gasteiger partial charge in [0.1, 0.15) is 30.1 Å². The standard InChI is InChI=1S/C22H27ClNO2.BrH/c1-24(2,17-6-4-3-5-7-17)12-13-25-18-9-11-20-19-10-8-16(23)14-21(19)26-22(20)15-18;/h8-11,14-15,17H,3-7,12-13H2,1-2H3;1H/q+1;/p-1. The highest BCUT2D eigenvalue weighted by molar-refractivity contribution is 6.31. The maximum Gasteiger partial charge on any atom is 0.139 e. The Morgan fingerprint density at radius 3 is 2.41 bits per heavy atom. The number of likely N-dealkylation sites (N-methyl/N-ethyl adjacent to an activating group) is 1. The molecule has 0 N–H and O–H groups in total. The van der Waals surface area contributed by atoms with Crippen molar-refractivity contribution in [2.45, 2.75) is 38.1 Å². The molecule has 5 heteroatoms. The van der Waals surface area contributed by atoms with Crippen LogP contribution in [0.3, 0.4) is 0 Å². The first-order valence-corrected chi connectivity index (χ1v) is 9.98. The lowest BCUT2D eigenvalue weighted by Gasteiger charge is -2.40. The molecule has 0 spiro atoms. The molecule has 1 aliphatic carbocycles. The van der Waals surface area contributed by atoms with Crippen molar-refractivity contribution in [3.05, 3.63) is 41.4 Å². The van der Waals surface area contributed by atoms with Gasteiger partial charge in [-0.15, -0.1) is 0 Å². The Labute approximate surface area is 176 Å². The summed E-state index contributed by atoms with van der Waals surface area (Å²) in [4.78, 5) is 0. The zero-order valence-corrected chi connectivity index (χ0v) is 18.4. The molecule has 0 saturated heterocycles. The average molecular weight is 453 g/mol. The zero-order valence-electron chi connectivity index (χ0n) is 16.0. The summed E-state index contributed by atoms with van der Waals surface area (Å²) in [6, 6.07) is 12.6. The third-order valence-corrected chi connectivity index (χ3v) is 6.14. The molecule has 3 nitrogen and oxygen atoms in total. The number of halogens is 2. The molecule has 0 atom stereocenters. The maximum absolute atomic E-state index is 6.07. The van der Waals surface area contributed by atoms with Crippen LogP contribution in [-0.4, -0.2) is 37.8 Å². The van der Waals surface area contributed by atoms with Gasteiger partial charge in [-0.3, -0.25) is 0 Å². The van der Waals surface area contributed by atoms with Gasteiger partial charge in [0.05, 0.1) is 20.1 Å². The van der Waals surface area contributed by atoms with Gasteiger partial charge >= 0.3 is 0 Å². The molecule has 27 heavy (non-hydrogen) atoms. The second kappa shape index (κ2) is 8.42. The highest BCUT2D eigenvalue weighted by atomic mass is 79.9. The minimum atomic E-state index is 0. The van der Waals surface area contributed by atoms with Crippen LogP contribution in [0.1, 0.15) is 32.1 Å². The molecule has 0 radical (unpaired) electrons. The van der Waals surface area contributed by atoms with Gasteiger partial charge < -0.3 is 30.6 Å². The van der Waals surface area contributed by atoms with Crippen molar-refractivity contribution >= 4 is 33.5 Å². The summed E-state index contributed by atoms with van der Waals surface area (Å²) >= 11 is 6.07. The van der Waals surface area contributed by atoms with Gasteiger partial charge in [0, 0.05) is 27.9 Å². The number of benzene rings is 2. The number of hydrogen-bond acceptors (Lipinski definition) is 2. The molecule has 0 bridgehead atoms. The van der Waals surface area contributed by atoms with Crippen molar-refractivity contribution in [3.63, 3.8) is 0 Å². The van der Waals surface area contributed by atoms with Gasteiger partial charge in [-0.05, 0) is 49.9 Å². The number of furan rings is 1. The lowest BCUT2D eigenvalue weighted by molar-refractivity contribution is -0.916. The third-order valence-electron chi connectivity index (χ3n) is 5.91. The third kappa shape index (κ3) is 4.44. The van der Waals surface area contributed by atoms with Crippen LogP contribution < -0.4 is 21.7 Å². The van der Waals surface area contributed by atoms with Crippen molar-refractivity contribution in [2.75, 3.05) is 27.2 Å². The lowest BCUT2D eigenvalue weighted by atomic mass is 9.93. The topological polar surface area (TPSA) is 22.4 Å². The van der Waals surface area contributed by atoms with E-state index in [4.69, 9.17) is 20.8 Å². The van der Waals surface area contributed by atoms with Gasteiger partial charge in [0.2, 0.25) is 0 Å². The number of fused-ring (bicyclic) bond motifs is 3. The fraction of sp³-hybridized carbons (Fsp3) is 0.455.